The van der Waals surface area contributed by atoms with Crippen LogP contribution in [-0.2, 0) is 6.54 Å². The van der Waals surface area contributed by atoms with Crippen molar-refractivity contribution < 1.29 is 0 Å². The second kappa shape index (κ2) is 3.79. The molecule has 0 saturated carbocycles. The van der Waals surface area contributed by atoms with E-state index in [2.05, 4.69) is 12.1 Å². The van der Waals surface area contributed by atoms with Crippen molar-refractivity contribution in [2.24, 2.45) is 5.73 Å². The van der Waals surface area contributed by atoms with Crippen LogP contribution >= 0.6 is 11.3 Å². The molecule has 0 amide bonds. The van der Waals surface area contributed by atoms with Crippen molar-refractivity contribution in [3.63, 3.8) is 0 Å². The van der Waals surface area contributed by atoms with Crippen molar-refractivity contribution in [1.82, 2.24) is 4.57 Å². The Labute approximate surface area is 92.1 Å². The SMILES string of the molecule is Cc1cc(C)c2sc(=O)n(CCN)c2c1. The van der Waals surface area contributed by atoms with Gasteiger partial charge in [0.05, 0.1) is 10.2 Å². The molecule has 0 fully saturated rings. The lowest BCUT2D eigenvalue weighted by Gasteiger charge is -2.03. The summed E-state index contributed by atoms with van der Waals surface area (Å²) < 4.78 is 2.85. The van der Waals surface area contributed by atoms with Gasteiger partial charge in [0.2, 0.25) is 0 Å². The Morgan fingerprint density at radius 2 is 2.13 bits per heavy atom. The van der Waals surface area contributed by atoms with Crippen molar-refractivity contribution in [1.29, 1.82) is 0 Å². The molecular formula is C11H14N2OS. The first-order valence-corrected chi connectivity index (χ1v) is 5.76. The van der Waals surface area contributed by atoms with Crippen molar-refractivity contribution in [2.75, 3.05) is 6.54 Å². The van der Waals surface area contributed by atoms with Gasteiger partial charge in [0.1, 0.15) is 0 Å². The monoisotopic (exact) mass is 222 g/mol. The molecule has 0 saturated heterocycles. The van der Waals surface area contributed by atoms with Gasteiger partial charge in [-0.25, -0.2) is 0 Å². The number of fused-ring (bicyclic) bond motifs is 1. The van der Waals surface area contributed by atoms with Gasteiger partial charge < -0.3 is 5.73 Å². The van der Waals surface area contributed by atoms with Crippen LogP contribution in [0.4, 0.5) is 0 Å². The fourth-order valence-corrected chi connectivity index (χ4v) is 2.81. The van der Waals surface area contributed by atoms with Gasteiger partial charge in [-0.3, -0.25) is 9.36 Å². The maximum atomic E-state index is 11.7. The fraction of sp³-hybridized carbons (Fsp3) is 0.364. The Kier molecular flexibility index (Phi) is 2.63. The molecule has 15 heavy (non-hydrogen) atoms. The minimum atomic E-state index is 0.0872. The summed E-state index contributed by atoms with van der Waals surface area (Å²) in [7, 11) is 0. The largest absolute Gasteiger partial charge is 0.329 e. The Balaban J connectivity index is 2.80. The third-order valence-corrected chi connectivity index (χ3v) is 3.58. The highest BCUT2D eigenvalue weighted by Crippen LogP contribution is 2.22. The summed E-state index contributed by atoms with van der Waals surface area (Å²) in [6.07, 6.45) is 0. The average Bonchev–Trinajstić information content (AvgIpc) is 2.46. The molecule has 0 atom stereocenters. The van der Waals surface area contributed by atoms with Crippen LogP contribution in [0.15, 0.2) is 16.9 Å². The van der Waals surface area contributed by atoms with Crippen molar-refractivity contribution in [3.8, 4) is 0 Å². The predicted octanol–water partition coefficient (Wildman–Crippen LogP) is 1.64. The van der Waals surface area contributed by atoms with Crippen LogP contribution in [0.3, 0.4) is 0 Å². The molecule has 0 aliphatic rings. The zero-order valence-electron chi connectivity index (χ0n) is 8.91. The van der Waals surface area contributed by atoms with Crippen molar-refractivity contribution in [3.05, 3.63) is 32.9 Å². The number of aryl methyl sites for hydroxylation is 2. The molecule has 0 aliphatic heterocycles. The fourth-order valence-electron chi connectivity index (χ4n) is 1.85. The molecule has 2 rings (SSSR count). The van der Waals surface area contributed by atoms with Gasteiger partial charge in [-0.15, -0.1) is 0 Å². The van der Waals surface area contributed by atoms with E-state index in [0.717, 1.165) is 10.2 Å². The summed E-state index contributed by atoms with van der Waals surface area (Å²) in [6.45, 7) is 5.18. The Hall–Kier alpha value is -1.13. The highest BCUT2D eigenvalue weighted by atomic mass is 32.1. The lowest BCUT2D eigenvalue weighted by Crippen LogP contribution is -2.18. The molecule has 4 heteroatoms. The normalized spacial score (nSPS) is 11.1. The highest BCUT2D eigenvalue weighted by molar-refractivity contribution is 7.16. The standard InChI is InChI=1S/C11H14N2OS/c1-7-5-8(2)10-9(6-7)13(4-3-12)11(14)15-10/h5-6H,3-4,12H2,1-2H3. The first-order valence-electron chi connectivity index (χ1n) is 4.94. The summed E-state index contributed by atoms with van der Waals surface area (Å²) in [6, 6.07) is 4.15. The quantitative estimate of drug-likeness (QED) is 0.839. The third kappa shape index (κ3) is 1.70. The molecule has 2 aromatic rings. The number of hydrogen-bond donors (Lipinski definition) is 1. The van der Waals surface area contributed by atoms with Gasteiger partial charge in [-0.1, -0.05) is 17.4 Å². The molecule has 0 spiro atoms. The summed E-state index contributed by atoms with van der Waals surface area (Å²) in [4.78, 5) is 11.8. The zero-order chi connectivity index (χ0) is 11.0. The van der Waals surface area contributed by atoms with E-state index in [-0.39, 0.29) is 4.87 Å². The zero-order valence-corrected chi connectivity index (χ0v) is 9.73. The van der Waals surface area contributed by atoms with Crippen LogP contribution < -0.4 is 10.6 Å². The minimum absolute atomic E-state index is 0.0872. The summed E-state index contributed by atoms with van der Waals surface area (Å²) in [5.74, 6) is 0. The maximum Gasteiger partial charge on any atom is 0.308 e. The topological polar surface area (TPSA) is 48.0 Å². The van der Waals surface area contributed by atoms with Crippen molar-refractivity contribution in [2.45, 2.75) is 20.4 Å². The third-order valence-electron chi connectivity index (χ3n) is 2.45. The van der Waals surface area contributed by atoms with E-state index in [1.165, 1.54) is 22.5 Å². The molecule has 1 heterocycles. The number of hydrogen-bond acceptors (Lipinski definition) is 3. The average molecular weight is 222 g/mol. The number of rotatable bonds is 2. The van der Waals surface area contributed by atoms with Crippen LogP contribution in [0.5, 0.6) is 0 Å². The first kappa shape index (κ1) is 10.4. The first-order chi connectivity index (χ1) is 7.13. The van der Waals surface area contributed by atoms with Gasteiger partial charge in [-0.2, -0.15) is 0 Å². The molecule has 1 aromatic heterocycles. The molecule has 1 aromatic carbocycles. The number of nitrogens with zero attached hydrogens (tertiary/aromatic N) is 1. The number of nitrogens with two attached hydrogens (primary N) is 1. The molecule has 0 unspecified atom stereocenters. The van der Waals surface area contributed by atoms with Gasteiger partial charge in [0, 0.05) is 13.1 Å². The maximum absolute atomic E-state index is 11.7. The Morgan fingerprint density at radius 1 is 1.40 bits per heavy atom. The van der Waals surface area contributed by atoms with Gasteiger partial charge in [-0.05, 0) is 31.0 Å². The van der Waals surface area contributed by atoms with Gasteiger partial charge in [0.15, 0.2) is 0 Å². The molecule has 0 bridgehead atoms. The number of benzene rings is 1. The minimum Gasteiger partial charge on any atom is -0.329 e. The lowest BCUT2D eigenvalue weighted by molar-refractivity contribution is 0.721. The van der Waals surface area contributed by atoms with Crippen LogP contribution in [-0.4, -0.2) is 11.1 Å². The van der Waals surface area contributed by atoms with Crippen LogP contribution in [0.25, 0.3) is 10.2 Å². The van der Waals surface area contributed by atoms with E-state index in [0.29, 0.717) is 13.1 Å². The number of thiazole rings is 1. The van der Waals surface area contributed by atoms with E-state index >= 15 is 0 Å². The predicted molar refractivity (Wildman–Crippen MR) is 64.6 cm³/mol. The van der Waals surface area contributed by atoms with Crippen molar-refractivity contribution >= 4 is 21.6 Å². The molecular weight excluding hydrogens is 208 g/mol. The van der Waals surface area contributed by atoms with E-state index in [9.17, 15) is 4.79 Å². The summed E-state index contributed by atoms with van der Waals surface area (Å²) in [5, 5.41) is 0. The molecule has 0 radical (unpaired) electrons. The number of aromatic nitrogens is 1. The second-order valence-corrected chi connectivity index (χ2v) is 4.70. The van der Waals surface area contributed by atoms with Gasteiger partial charge >= 0.3 is 4.87 Å². The lowest BCUT2D eigenvalue weighted by atomic mass is 10.1. The molecule has 3 nitrogen and oxygen atoms in total. The van der Waals surface area contributed by atoms with Gasteiger partial charge in [0.25, 0.3) is 0 Å². The summed E-state index contributed by atoms with van der Waals surface area (Å²) >= 11 is 1.31. The Bertz CT molecular complexity index is 553. The highest BCUT2D eigenvalue weighted by Gasteiger charge is 2.08. The Morgan fingerprint density at radius 3 is 2.80 bits per heavy atom. The second-order valence-electron chi connectivity index (χ2n) is 3.74. The van der Waals surface area contributed by atoms with Crippen LogP contribution in [0.2, 0.25) is 0 Å². The van der Waals surface area contributed by atoms with E-state index in [1.807, 2.05) is 13.8 Å². The summed E-state index contributed by atoms with van der Waals surface area (Å²) in [5.41, 5.74) is 8.88. The van der Waals surface area contributed by atoms with E-state index in [1.54, 1.807) is 4.57 Å². The molecule has 0 aliphatic carbocycles. The molecule has 80 valence electrons. The molecule has 2 N–H and O–H groups in total. The van der Waals surface area contributed by atoms with E-state index < -0.39 is 0 Å². The van der Waals surface area contributed by atoms with Crippen LogP contribution in [0.1, 0.15) is 11.1 Å². The smallest absolute Gasteiger partial charge is 0.308 e. The van der Waals surface area contributed by atoms with E-state index in [4.69, 9.17) is 5.73 Å². The van der Waals surface area contributed by atoms with Crippen LogP contribution in [0, 0.1) is 13.8 Å².